The molecule has 2 fully saturated rings. The summed E-state index contributed by atoms with van der Waals surface area (Å²) in [6.07, 6.45) is 4.60. The Bertz CT molecular complexity index is 1180. The van der Waals surface area contributed by atoms with E-state index in [1.165, 1.54) is 11.1 Å². The molecule has 3 aliphatic heterocycles. The average Bonchev–Trinajstić information content (AvgIpc) is 3.56. The van der Waals surface area contributed by atoms with Gasteiger partial charge < -0.3 is 15.0 Å². The van der Waals surface area contributed by atoms with Gasteiger partial charge in [-0.1, -0.05) is 18.2 Å². The predicted octanol–water partition coefficient (Wildman–Crippen LogP) is 2.34. The summed E-state index contributed by atoms with van der Waals surface area (Å²) >= 11 is 0. The molecule has 1 atom stereocenters. The van der Waals surface area contributed by atoms with E-state index >= 15 is 0 Å². The van der Waals surface area contributed by atoms with Gasteiger partial charge in [-0.3, -0.25) is 4.79 Å². The van der Waals surface area contributed by atoms with E-state index in [4.69, 9.17) is 4.74 Å². The molecule has 2 aromatic rings. The van der Waals surface area contributed by atoms with Crippen LogP contribution in [-0.4, -0.2) is 56.2 Å². The SMILES string of the molecule is CC1=C(N2CC[C@]3(CC[C@@H](N[C@@H](C)c4ccc5c(c4)Cn4nnnc4-5)CC3)C2=O)COC1=O. The third-order valence-corrected chi connectivity index (χ3v) is 8.07. The summed E-state index contributed by atoms with van der Waals surface area (Å²) in [6, 6.07) is 7.13. The minimum absolute atomic E-state index is 0.181. The minimum Gasteiger partial charge on any atom is -0.456 e. The van der Waals surface area contributed by atoms with Crippen molar-refractivity contribution in [2.24, 2.45) is 5.41 Å². The molecule has 1 saturated heterocycles. The highest BCUT2D eigenvalue weighted by Crippen LogP contribution is 2.46. The van der Waals surface area contributed by atoms with E-state index in [2.05, 4.69) is 46.0 Å². The number of carbonyl (C=O) groups is 2. The highest BCUT2D eigenvalue weighted by molar-refractivity contribution is 5.94. The number of nitrogens with zero attached hydrogens (tertiary/aromatic N) is 5. The minimum atomic E-state index is -0.301. The fraction of sp³-hybridized carbons (Fsp3) is 0.542. The second kappa shape index (κ2) is 7.48. The molecule has 9 heteroatoms. The zero-order chi connectivity index (χ0) is 22.7. The molecule has 1 N–H and O–H groups in total. The van der Waals surface area contributed by atoms with Gasteiger partial charge in [0.1, 0.15) is 6.61 Å². The number of nitrogens with one attached hydrogen (secondary N) is 1. The maximum Gasteiger partial charge on any atom is 0.336 e. The fourth-order valence-corrected chi connectivity index (χ4v) is 5.97. The van der Waals surface area contributed by atoms with Gasteiger partial charge in [-0.2, -0.15) is 0 Å². The second-order valence-electron chi connectivity index (χ2n) is 9.87. The summed E-state index contributed by atoms with van der Waals surface area (Å²) in [6.45, 7) is 5.59. The van der Waals surface area contributed by atoms with Crippen LogP contribution in [-0.2, 0) is 20.9 Å². The van der Waals surface area contributed by atoms with Gasteiger partial charge in [0.2, 0.25) is 5.91 Å². The van der Waals surface area contributed by atoms with Crippen LogP contribution in [0, 0.1) is 5.41 Å². The van der Waals surface area contributed by atoms with Crippen molar-refractivity contribution in [3.63, 3.8) is 0 Å². The third-order valence-electron chi connectivity index (χ3n) is 8.07. The number of rotatable bonds is 4. The van der Waals surface area contributed by atoms with Crippen LogP contribution in [0.25, 0.3) is 11.4 Å². The van der Waals surface area contributed by atoms with E-state index < -0.39 is 0 Å². The van der Waals surface area contributed by atoms with E-state index in [1.54, 1.807) is 6.92 Å². The van der Waals surface area contributed by atoms with Crippen molar-refractivity contribution in [2.45, 2.75) is 64.6 Å². The van der Waals surface area contributed by atoms with Crippen LogP contribution in [0.2, 0.25) is 0 Å². The Labute approximate surface area is 192 Å². The van der Waals surface area contributed by atoms with E-state index in [1.807, 2.05) is 9.58 Å². The summed E-state index contributed by atoms with van der Waals surface area (Å²) in [5.41, 5.74) is 4.66. The molecule has 1 aromatic carbocycles. The van der Waals surface area contributed by atoms with Gasteiger partial charge in [-0.05, 0) is 67.5 Å². The number of likely N-dealkylation sites (tertiary alicyclic amines) is 1. The maximum absolute atomic E-state index is 13.3. The van der Waals surface area contributed by atoms with Crippen molar-refractivity contribution in [2.75, 3.05) is 13.2 Å². The third kappa shape index (κ3) is 3.20. The van der Waals surface area contributed by atoms with Gasteiger partial charge in [-0.25, -0.2) is 9.48 Å². The molecule has 172 valence electrons. The van der Waals surface area contributed by atoms with Gasteiger partial charge in [0.05, 0.1) is 23.2 Å². The monoisotopic (exact) mass is 448 g/mol. The molecule has 6 rings (SSSR count). The second-order valence-corrected chi connectivity index (χ2v) is 9.87. The molecular formula is C24H28N6O3. The Morgan fingerprint density at radius 1 is 1.21 bits per heavy atom. The number of hydrogen-bond acceptors (Lipinski definition) is 7. The Morgan fingerprint density at radius 3 is 2.79 bits per heavy atom. The van der Waals surface area contributed by atoms with E-state index in [-0.39, 0.29) is 29.9 Å². The first kappa shape index (κ1) is 20.5. The first-order valence-electron chi connectivity index (χ1n) is 11.8. The number of benzene rings is 1. The van der Waals surface area contributed by atoms with Crippen LogP contribution in [0.15, 0.2) is 29.5 Å². The normalized spacial score (nSPS) is 27.3. The number of tetrazole rings is 1. The lowest BCUT2D eigenvalue weighted by molar-refractivity contribution is -0.138. The van der Waals surface area contributed by atoms with Gasteiger partial charge in [0, 0.05) is 24.2 Å². The van der Waals surface area contributed by atoms with Crippen molar-refractivity contribution in [3.05, 3.63) is 40.6 Å². The van der Waals surface area contributed by atoms with Crippen LogP contribution < -0.4 is 5.32 Å². The van der Waals surface area contributed by atoms with Crippen LogP contribution in [0.3, 0.4) is 0 Å². The summed E-state index contributed by atoms with van der Waals surface area (Å²) in [5.74, 6) is 0.718. The number of aromatic nitrogens is 4. The van der Waals surface area contributed by atoms with Crippen LogP contribution in [0.1, 0.15) is 63.1 Å². The Balaban J connectivity index is 1.09. The molecule has 4 heterocycles. The zero-order valence-electron chi connectivity index (χ0n) is 19.0. The number of ether oxygens (including phenoxy) is 1. The zero-order valence-corrected chi connectivity index (χ0v) is 19.0. The molecule has 1 aliphatic carbocycles. The van der Waals surface area contributed by atoms with Crippen molar-refractivity contribution in [3.8, 4) is 11.4 Å². The first-order valence-corrected chi connectivity index (χ1v) is 11.8. The Kier molecular flexibility index (Phi) is 4.65. The standard InChI is InChI=1S/C24H28N6O3/c1-14-20(13-33-22(14)31)29-10-9-24(23(29)32)7-5-18(6-8-24)25-15(2)16-3-4-19-17(11-16)12-30-21(19)26-27-28-30/h3-4,11,15,18,25H,5-10,12-13H2,1-2H3/t15-,18-,24-/m0/s1. The molecule has 1 aromatic heterocycles. The van der Waals surface area contributed by atoms with Crippen molar-refractivity contribution in [1.82, 2.24) is 30.4 Å². The molecule has 0 bridgehead atoms. The van der Waals surface area contributed by atoms with Crippen molar-refractivity contribution in [1.29, 1.82) is 0 Å². The molecular weight excluding hydrogens is 420 g/mol. The molecule has 0 unspecified atom stereocenters. The van der Waals surface area contributed by atoms with Crippen LogP contribution in [0.5, 0.6) is 0 Å². The predicted molar refractivity (Wildman–Crippen MR) is 119 cm³/mol. The van der Waals surface area contributed by atoms with Gasteiger partial charge in [0.25, 0.3) is 0 Å². The molecule has 1 spiro atoms. The summed E-state index contributed by atoms with van der Waals surface area (Å²) in [5, 5.41) is 15.7. The summed E-state index contributed by atoms with van der Waals surface area (Å²) in [4.78, 5) is 26.9. The topological polar surface area (TPSA) is 102 Å². The Morgan fingerprint density at radius 2 is 2.03 bits per heavy atom. The molecule has 1 amide bonds. The lowest BCUT2D eigenvalue weighted by Crippen LogP contribution is -2.42. The number of esters is 1. The van der Waals surface area contributed by atoms with Crippen LogP contribution >= 0.6 is 0 Å². The van der Waals surface area contributed by atoms with E-state index in [0.29, 0.717) is 18.2 Å². The molecule has 0 radical (unpaired) electrons. The summed E-state index contributed by atoms with van der Waals surface area (Å²) < 4.78 is 6.96. The van der Waals surface area contributed by atoms with Crippen LogP contribution in [0.4, 0.5) is 0 Å². The van der Waals surface area contributed by atoms with E-state index in [0.717, 1.165) is 55.7 Å². The molecule has 9 nitrogen and oxygen atoms in total. The number of amides is 1. The smallest absolute Gasteiger partial charge is 0.336 e. The number of hydrogen-bond donors (Lipinski definition) is 1. The first-order chi connectivity index (χ1) is 15.9. The van der Waals surface area contributed by atoms with Gasteiger partial charge in [-0.15, -0.1) is 5.10 Å². The Hall–Kier alpha value is -3.07. The molecule has 33 heavy (non-hydrogen) atoms. The quantitative estimate of drug-likeness (QED) is 0.611. The fourth-order valence-electron chi connectivity index (χ4n) is 5.97. The van der Waals surface area contributed by atoms with Crippen molar-refractivity contribution < 1.29 is 14.3 Å². The van der Waals surface area contributed by atoms with Gasteiger partial charge >= 0.3 is 5.97 Å². The number of carbonyl (C=O) groups excluding carboxylic acids is 2. The number of fused-ring (bicyclic) bond motifs is 3. The lowest BCUT2D eigenvalue weighted by atomic mass is 9.71. The molecule has 1 saturated carbocycles. The number of cyclic esters (lactones) is 1. The van der Waals surface area contributed by atoms with E-state index in [9.17, 15) is 9.59 Å². The average molecular weight is 449 g/mol. The van der Waals surface area contributed by atoms with Crippen molar-refractivity contribution >= 4 is 11.9 Å². The lowest BCUT2D eigenvalue weighted by Gasteiger charge is -2.37. The van der Waals surface area contributed by atoms with Gasteiger partial charge in [0.15, 0.2) is 5.82 Å². The molecule has 4 aliphatic rings. The highest BCUT2D eigenvalue weighted by Gasteiger charge is 2.50. The summed E-state index contributed by atoms with van der Waals surface area (Å²) in [7, 11) is 0. The maximum atomic E-state index is 13.3. The largest absolute Gasteiger partial charge is 0.456 e. The highest BCUT2D eigenvalue weighted by atomic mass is 16.5.